The van der Waals surface area contributed by atoms with Crippen molar-refractivity contribution in [2.45, 2.75) is 82.3 Å². The Morgan fingerprint density at radius 2 is 1.92 bits per heavy atom. The fraction of sp³-hybridized carbons (Fsp3) is 0.656. The van der Waals surface area contributed by atoms with Crippen molar-refractivity contribution in [3.05, 3.63) is 53.9 Å². The van der Waals surface area contributed by atoms with E-state index in [0.717, 1.165) is 23.7 Å². The Bertz CT molecular complexity index is 1160. The summed E-state index contributed by atoms with van der Waals surface area (Å²) in [4.78, 5) is 4.38. The number of hydrogen-bond acceptors (Lipinski definition) is 4. The van der Waals surface area contributed by atoms with Gasteiger partial charge in [-0.25, -0.2) is 0 Å². The Hall–Kier alpha value is -1.75. The number of rotatable bonds is 4. The van der Waals surface area contributed by atoms with Crippen LogP contribution in [0.5, 0.6) is 0 Å². The minimum atomic E-state index is -0.620. The number of hydrogen-bond donors (Lipinski definition) is 2. The van der Waals surface area contributed by atoms with Crippen molar-refractivity contribution in [1.82, 2.24) is 10.3 Å². The molecule has 36 heavy (non-hydrogen) atoms. The Morgan fingerprint density at radius 1 is 1.03 bits per heavy atom. The van der Waals surface area contributed by atoms with Crippen molar-refractivity contribution < 1.29 is 9.84 Å². The van der Waals surface area contributed by atoms with Crippen LogP contribution >= 0.6 is 0 Å². The number of fused-ring (bicyclic) bond motifs is 5. The first kappa shape index (κ1) is 23.4. The topological polar surface area (TPSA) is 54.4 Å². The Labute approximate surface area is 215 Å². The van der Waals surface area contributed by atoms with E-state index in [9.17, 15) is 5.11 Å². The molecule has 2 heterocycles. The van der Waals surface area contributed by atoms with Crippen LogP contribution < -0.4 is 5.32 Å². The van der Waals surface area contributed by atoms with Crippen molar-refractivity contribution in [1.29, 1.82) is 0 Å². The zero-order valence-electron chi connectivity index (χ0n) is 21.8. The minimum absolute atomic E-state index is 0.379. The predicted octanol–water partition coefficient (Wildman–Crippen LogP) is 6.00. The van der Waals surface area contributed by atoms with Gasteiger partial charge in [-0.2, -0.15) is 0 Å². The van der Waals surface area contributed by atoms with Gasteiger partial charge >= 0.3 is 0 Å². The summed E-state index contributed by atoms with van der Waals surface area (Å²) in [6, 6.07) is 9.84. The van der Waals surface area contributed by atoms with E-state index in [1.165, 1.54) is 74.1 Å². The van der Waals surface area contributed by atoms with E-state index in [4.69, 9.17) is 4.74 Å². The summed E-state index contributed by atoms with van der Waals surface area (Å²) in [7, 11) is 0. The lowest BCUT2D eigenvalue weighted by Gasteiger charge is -2.45. The van der Waals surface area contributed by atoms with Gasteiger partial charge in [-0.05, 0) is 116 Å². The minimum Gasteiger partial charge on any atom is -0.384 e. The average molecular weight is 487 g/mol. The molecular formula is C32H42N2O2. The van der Waals surface area contributed by atoms with Crippen molar-refractivity contribution in [2.24, 2.45) is 29.1 Å². The number of ether oxygens (including phenoxy) is 1. The van der Waals surface area contributed by atoms with Gasteiger partial charge in [-0.15, -0.1) is 0 Å². The van der Waals surface area contributed by atoms with E-state index in [0.29, 0.717) is 37.1 Å². The summed E-state index contributed by atoms with van der Waals surface area (Å²) >= 11 is 0. The van der Waals surface area contributed by atoms with Crippen molar-refractivity contribution in [3.63, 3.8) is 0 Å². The Kier molecular flexibility index (Phi) is 5.79. The number of aliphatic hydroxyl groups is 1. The third-order valence-corrected chi connectivity index (χ3v) is 11.2. The summed E-state index contributed by atoms with van der Waals surface area (Å²) in [5, 5.41) is 16.7. The number of allylic oxidation sites excluding steroid dienone is 2. The van der Waals surface area contributed by atoms with Crippen LogP contribution in [0.15, 0.2) is 48.3 Å². The molecule has 7 atom stereocenters. The van der Waals surface area contributed by atoms with Gasteiger partial charge in [0, 0.05) is 30.4 Å². The standard InChI is InChI=1S/C32H42N2O2/c1-31-12-10-24-14-22-4-6-27(34-18-32(35)19-36-20-32)16-23(22)5-7-28(24)30(31)9-8-29(31)25-3-2-21-11-13-33-17-26(21)15-25/h2-3,10-11,13,15,17,22-23,27-30,34-35H,4-9,12,14,16,18-20H2,1H3. The first-order valence-corrected chi connectivity index (χ1v) is 14.6. The molecule has 5 aliphatic rings. The molecule has 4 aliphatic carbocycles. The predicted molar refractivity (Wildman–Crippen MR) is 144 cm³/mol. The normalized spacial score (nSPS) is 39.3. The molecule has 1 aromatic heterocycles. The van der Waals surface area contributed by atoms with E-state index in [-0.39, 0.29) is 0 Å². The molecule has 1 aromatic carbocycles. The average Bonchev–Trinajstić information content (AvgIpc) is 3.12. The highest BCUT2D eigenvalue weighted by atomic mass is 16.5. The fourth-order valence-electron chi connectivity index (χ4n) is 9.07. The van der Waals surface area contributed by atoms with Crippen LogP contribution in [0.25, 0.3) is 10.8 Å². The molecule has 192 valence electrons. The molecule has 7 rings (SSSR count). The summed E-state index contributed by atoms with van der Waals surface area (Å²) in [5.41, 5.74) is 3.11. The third kappa shape index (κ3) is 3.95. The second-order valence-electron chi connectivity index (χ2n) is 13.2. The van der Waals surface area contributed by atoms with Gasteiger partial charge in [0.2, 0.25) is 0 Å². The van der Waals surface area contributed by atoms with Gasteiger partial charge in [0.1, 0.15) is 5.60 Å². The molecule has 0 amide bonds. The van der Waals surface area contributed by atoms with Crippen LogP contribution in [0.2, 0.25) is 0 Å². The van der Waals surface area contributed by atoms with E-state index in [2.05, 4.69) is 47.6 Å². The molecular weight excluding hydrogens is 444 g/mol. The van der Waals surface area contributed by atoms with Crippen molar-refractivity contribution in [2.75, 3.05) is 19.8 Å². The third-order valence-electron chi connectivity index (χ3n) is 11.2. The van der Waals surface area contributed by atoms with Gasteiger partial charge < -0.3 is 15.2 Å². The Balaban J connectivity index is 1.06. The molecule has 0 radical (unpaired) electrons. The van der Waals surface area contributed by atoms with E-state index in [1.807, 2.05) is 18.0 Å². The molecule has 4 fully saturated rings. The van der Waals surface area contributed by atoms with Crippen LogP contribution in [0.1, 0.15) is 76.2 Å². The van der Waals surface area contributed by atoms with E-state index < -0.39 is 5.60 Å². The van der Waals surface area contributed by atoms with E-state index >= 15 is 0 Å². The maximum Gasteiger partial charge on any atom is 0.123 e. The Morgan fingerprint density at radius 3 is 2.78 bits per heavy atom. The second kappa shape index (κ2) is 8.92. The number of nitrogens with zero attached hydrogens (tertiary/aromatic N) is 1. The van der Waals surface area contributed by atoms with Gasteiger partial charge in [0.25, 0.3) is 0 Å². The zero-order chi connectivity index (χ0) is 24.3. The largest absolute Gasteiger partial charge is 0.384 e. The van der Waals surface area contributed by atoms with Crippen molar-refractivity contribution >= 4 is 10.8 Å². The van der Waals surface area contributed by atoms with Crippen LogP contribution in [-0.2, 0) is 4.74 Å². The lowest BCUT2D eigenvalue weighted by molar-refractivity contribution is -0.175. The highest BCUT2D eigenvalue weighted by Gasteiger charge is 2.53. The molecule has 2 N–H and O–H groups in total. The maximum absolute atomic E-state index is 10.4. The summed E-state index contributed by atoms with van der Waals surface area (Å²) in [6.45, 7) is 4.29. The molecule has 4 nitrogen and oxygen atoms in total. The number of pyridine rings is 1. The van der Waals surface area contributed by atoms with Crippen LogP contribution in [0.3, 0.4) is 0 Å². The lowest BCUT2D eigenvalue weighted by atomic mass is 9.59. The molecule has 7 unspecified atom stereocenters. The SMILES string of the molecule is CC12CC=C3CC4CCC(NCC5(O)COC5)CC4CCC3C1CCC2c1ccc2ccncc2c1. The monoisotopic (exact) mass is 486 g/mol. The summed E-state index contributed by atoms with van der Waals surface area (Å²) in [5.74, 6) is 3.98. The maximum atomic E-state index is 10.4. The lowest BCUT2D eigenvalue weighted by Crippen LogP contribution is -2.58. The molecule has 2 aromatic rings. The number of nitrogens with one attached hydrogen (secondary N) is 1. The number of benzene rings is 1. The highest BCUT2D eigenvalue weighted by molar-refractivity contribution is 5.82. The van der Waals surface area contributed by atoms with Gasteiger partial charge in [-0.3, -0.25) is 4.98 Å². The molecule has 0 spiro atoms. The van der Waals surface area contributed by atoms with Gasteiger partial charge in [0.05, 0.1) is 13.2 Å². The molecule has 4 heteroatoms. The highest BCUT2D eigenvalue weighted by Crippen LogP contribution is 2.63. The fourth-order valence-corrected chi connectivity index (χ4v) is 9.07. The summed E-state index contributed by atoms with van der Waals surface area (Å²) in [6.07, 6.45) is 18.6. The number of aromatic nitrogens is 1. The van der Waals surface area contributed by atoms with Gasteiger partial charge in [-0.1, -0.05) is 30.7 Å². The van der Waals surface area contributed by atoms with E-state index in [1.54, 1.807) is 0 Å². The summed E-state index contributed by atoms with van der Waals surface area (Å²) < 4.78 is 5.23. The van der Waals surface area contributed by atoms with Crippen LogP contribution in [0.4, 0.5) is 0 Å². The van der Waals surface area contributed by atoms with Crippen molar-refractivity contribution in [3.8, 4) is 0 Å². The first-order chi connectivity index (χ1) is 17.5. The van der Waals surface area contributed by atoms with Gasteiger partial charge in [0.15, 0.2) is 0 Å². The second-order valence-corrected chi connectivity index (χ2v) is 13.2. The molecule has 1 aliphatic heterocycles. The smallest absolute Gasteiger partial charge is 0.123 e. The van der Waals surface area contributed by atoms with Crippen LogP contribution in [-0.4, -0.2) is 41.5 Å². The quantitative estimate of drug-likeness (QED) is 0.521. The first-order valence-electron chi connectivity index (χ1n) is 14.6. The zero-order valence-corrected chi connectivity index (χ0v) is 21.8. The van der Waals surface area contributed by atoms with Crippen LogP contribution in [0, 0.1) is 29.1 Å². The molecule has 3 saturated carbocycles. The molecule has 1 saturated heterocycles. The molecule has 0 bridgehead atoms.